The van der Waals surface area contributed by atoms with Gasteiger partial charge in [0.15, 0.2) is 12.4 Å². The number of rotatable bonds is 1. The summed E-state index contributed by atoms with van der Waals surface area (Å²) in [4.78, 5) is 0. The molecule has 2 heterocycles. The SMILES string of the molecule is Cc1cc(-c2ccco2)c[n+](C)c1. The Kier molecular flexibility index (Phi) is 1.89. The molecule has 2 aromatic rings. The molecule has 13 heavy (non-hydrogen) atoms. The fraction of sp³-hybridized carbons (Fsp3) is 0.182. The van der Waals surface area contributed by atoms with E-state index in [1.165, 1.54) is 5.56 Å². The lowest BCUT2D eigenvalue weighted by molar-refractivity contribution is -0.671. The molecule has 0 aliphatic carbocycles. The molecule has 0 aliphatic rings. The Labute approximate surface area is 77.4 Å². The summed E-state index contributed by atoms with van der Waals surface area (Å²) in [6.45, 7) is 2.08. The molecule has 0 amide bonds. The van der Waals surface area contributed by atoms with Crippen molar-refractivity contribution >= 4 is 0 Å². The quantitative estimate of drug-likeness (QED) is 0.605. The van der Waals surface area contributed by atoms with Gasteiger partial charge in [-0.2, -0.15) is 0 Å². The minimum atomic E-state index is 0.916. The normalized spacial score (nSPS) is 10.3. The van der Waals surface area contributed by atoms with Gasteiger partial charge in [0.1, 0.15) is 12.8 Å². The van der Waals surface area contributed by atoms with Crippen molar-refractivity contribution < 1.29 is 8.98 Å². The first-order chi connectivity index (χ1) is 6.25. The van der Waals surface area contributed by atoms with Crippen LogP contribution >= 0.6 is 0 Å². The summed E-state index contributed by atoms with van der Waals surface area (Å²) in [6, 6.07) is 5.98. The van der Waals surface area contributed by atoms with E-state index in [1.807, 2.05) is 29.9 Å². The highest BCUT2D eigenvalue weighted by Crippen LogP contribution is 2.18. The molecule has 0 atom stereocenters. The van der Waals surface area contributed by atoms with Crippen LogP contribution in [0.3, 0.4) is 0 Å². The van der Waals surface area contributed by atoms with Gasteiger partial charge in [0.05, 0.1) is 11.8 Å². The van der Waals surface area contributed by atoms with Gasteiger partial charge in [-0.3, -0.25) is 0 Å². The summed E-state index contributed by atoms with van der Waals surface area (Å²) in [6.07, 6.45) is 5.82. The van der Waals surface area contributed by atoms with Crippen LogP contribution in [0, 0.1) is 6.92 Å². The van der Waals surface area contributed by atoms with E-state index in [-0.39, 0.29) is 0 Å². The summed E-state index contributed by atoms with van der Waals surface area (Å²) in [5.74, 6) is 0.916. The topological polar surface area (TPSA) is 17.0 Å². The van der Waals surface area contributed by atoms with Crippen LogP contribution in [0.1, 0.15) is 5.56 Å². The lowest BCUT2D eigenvalue weighted by atomic mass is 10.2. The first kappa shape index (κ1) is 8.05. The largest absolute Gasteiger partial charge is 0.464 e. The van der Waals surface area contributed by atoms with Crippen LogP contribution in [0.4, 0.5) is 0 Å². The predicted octanol–water partition coefficient (Wildman–Crippen LogP) is 2.08. The minimum absolute atomic E-state index is 0.916. The first-order valence-corrected chi connectivity index (χ1v) is 4.26. The first-order valence-electron chi connectivity index (χ1n) is 4.26. The standard InChI is InChI=1S/C11H12NO/c1-9-6-10(8-12(2)7-9)11-4-3-5-13-11/h3-8H,1-2H3/q+1. The van der Waals surface area contributed by atoms with E-state index in [4.69, 9.17) is 4.42 Å². The average molecular weight is 174 g/mol. The van der Waals surface area contributed by atoms with Crippen molar-refractivity contribution in [3.63, 3.8) is 0 Å². The Morgan fingerprint density at radius 2 is 2.15 bits per heavy atom. The number of hydrogen-bond donors (Lipinski definition) is 0. The molecule has 0 saturated carbocycles. The molecule has 0 N–H and O–H groups in total. The van der Waals surface area contributed by atoms with Crippen LogP contribution in [0.25, 0.3) is 11.3 Å². The zero-order valence-electron chi connectivity index (χ0n) is 7.82. The smallest absolute Gasteiger partial charge is 0.179 e. The van der Waals surface area contributed by atoms with E-state index in [2.05, 4.69) is 19.2 Å². The molecule has 2 rings (SSSR count). The third-order valence-electron chi connectivity index (χ3n) is 1.94. The molecule has 0 bridgehead atoms. The molecule has 0 aliphatic heterocycles. The number of aryl methyl sites for hydroxylation is 2. The maximum Gasteiger partial charge on any atom is 0.179 e. The van der Waals surface area contributed by atoms with E-state index in [9.17, 15) is 0 Å². The van der Waals surface area contributed by atoms with Crippen LogP contribution in [-0.2, 0) is 7.05 Å². The van der Waals surface area contributed by atoms with Gasteiger partial charge >= 0.3 is 0 Å². The van der Waals surface area contributed by atoms with Crippen LogP contribution in [0.5, 0.6) is 0 Å². The maximum atomic E-state index is 5.32. The molecule has 0 radical (unpaired) electrons. The van der Waals surface area contributed by atoms with Crippen molar-refractivity contribution in [3.8, 4) is 11.3 Å². The van der Waals surface area contributed by atoms with Gasteiger partial charge in [-0.05, 0) is 25.1 Å². The Morgan fingerprint density at radius 3 is 2.77 bits per heavy atom. The Morgan fingerprint density at radius 1 is 1.31 bits per heavy atom. The molecular weight excluding hydrogens is 162 g/mol. The van der Waals surface area contributed by atoms with Crippen molar-refractivity contribution in [1.29, 1.82) is 0 Å². The van der Waals surface area contributed by atoms with Gasteiger partial charge in [-0.25, -0.2) is 4.57 Å². The Balaban J connectivity index is 2.53. The molecule has 0 saturated heterocycles. The lowest BCUT2D eigenvalue weighted by Crippen LogP contribution is -2.27. The van der Waals surface area contributed by atoms with E-state index in [1.54, 1.807) is 6.26 Å². The summed E-state index contributed by atoms with van der Waals surface area (Å²) >= 11 is 0. The molecular formula is C11H12NO+. The van der Waals surface area contributed by atoms with Crippen LogP contribution < -0.4 is 4.57 Å². The van der Waals surface area contributed by atoms with Crippen LogP contribution in [0.2, 0.25) is 0 Å². The van der Waals surface area contributed by atoms with E-state index in [0.29, 0.717) is 0 Å². The second-order valence-electron chi connectivity index (χ2n) is 3.24. The Bertz CT molecular complexity index is 384. The third kappa shape index (κ3) is 1.61. The molecule has 0 fully saturated rings. The number of hydrogen-bond acceptors (Lipinski definition) is 1. The molecule has 0 spiro atoms. The van der Waals surface area contributed by atoms with E-state index < -0.39 is 0 Å². The summed E-state index contributed by atoms with van der Waals surface area (Å²) in [7, 11) is 2.01. The third-order valence-corrected chi connectivity index (χ3v) is 1.94. The summed E-state index contributed by atoms with van der Waals surface area (Å²) in [5.41, 5.74) is 2.35. The average Bonchev–Trinajstić information content (AvgIpc) is 2.53. The summed E-state index contributed by atoms with van der Waals surface area (Å²) in [5, 5.41) is 0. The van der Waals surface area contributed by atoms with Gasteiger partial charge in [0.2, 0.25) is 0 Å². The minimum Gasteiger partial charge on any atom is -0.464 e. The van der Waals surface area contributed by atoms with E-state index >= 15 is 0 Å². The number of aromatic nitrogens is 1. The number of furan rings is 1. The van der Waals surface area contributed by atoms with Gasteiger partial charge in [-0.15, -0.1) is 0 Å². The molecule has 2 nitrogen and oxygen atoms in total. The molecule has 2 heteroatoms. The van der Waals surface area contributed by atoms with Crippen molar-refractivity contribution in [3.05, 3.63) is 42.4 Å². The molecule has 0 unspecified atom stereocenters. The number of pyridine rings is 1. The van der Waals surface area contributed by atoms with Crippen molar-refractivity contribution in [2.45, 2.75) is 6.92 Å². The second-order valence-corrected chi connectivity index (χ2v) is 3.24. The zero-order chi connectivity index (χ0) is 9.26. The van der Waals surface area contributed by atoms with E-state index in [0.717, 1.165) is 11.3 Å². The van der Waals surface area contributed by atoms with Crippen molar-refractivity contribution in [1.82, 2.24) is 0 Å². The summed E-state index contributed by atoms with van der Waals surface area (Å²) < 4.78 is 7.35. The molecule has 66 valence electrons. The van der Waals surface area contributed by atoms with Crippen molar-refractivity contribution in [2.75, 3.05) is 0 Å². The van der Waals surface area contributed by atoms with Gasteiger partial charge in [-0.1, -0.05) is 0 Å². The van der Waals surface area contributed by atoms with Gasteiger partial charge < -0.3 is 4.42 Å². The van der Waals surface area contributed by atoms with Crippen LogP contribution in [-0.4, -0.2) is 0 Å². The molecule has 0 aromatic carbocycles. The second kappa shape index (κ2) is 3.05. The monoisotopic (exact) mass is 174 g/mol. The fourth-order valence-electron chi connectivity index (χ4n) is 1.48. The van der Waals surface area contributed by atoms with Crippen molar-refractivity contribution in [2.24, 2.45) is 7.05 Å². The Hall–Kier alpha value is -1.57. The number of nitrogens with zero attached hydrogens (tertiary/aromatic N) is 1. The zero-order valence-corrected chi connectivity index (χ0v) is 7.82. The van der Waals surface area contributed by atoms with Gasteiger partial charge in [0.25, 0.3) is 0 Å². The predicted molar refractivity (Wildman–Crippen MR) is 50.1 cm³/mol. The maximum absolute atomic E-state index is 5.32. The highest BCUT2D eigenvalue weighted by molar-refractivity contribution is 5.55. The fourth-order valence-corrected chi connectivity index (χ4v) is 1.48. The molecule has 2 aromatic heterocycles. The lowest BCUT2D eigenvalue weighted by Gasteiger charge is -1.96. The highest BCUT2D eigenvalue weighted by atomic mass is 16.3. The van der Waals surface area contributed by atoms with Gasteiger partial charge in [0, 0.05) is 5.56 Å². The highest BCUT2D eigenvalue weighted by Gasteiger charge is 2.05. The van der Waals surface area contributed by atoms with Crippen LogP contribution in [0.15, 0.2) is 41.3 Å².